The van der Waals surface area contributed by atoms with E-state index in [1.54, 1.807) is 0 Å². The summed E-state index contributed by atoms with van der Waals surface area (Å²) in [6.45, 7) is 3.57. The molecule has 0 amide bonds. The van der Waals surface area contributed by atoms with Crippen LogP contribution in [-0.2, 0) is 6.54 Å². The summed E-state index contributed by atoms with van der Waals surface area (Å²) < 4.78 is 5.71. The van der Waals surface area contributed by atoms with E-state index in [9.17, 15) is 0 Å². The normalized spacial score (nSPS) is 10.2. The fourth-order valence-corrected chi connectivity index (χ4v) is 1.85. The minimum Gasteiger partial charge on any atom is -0.491 e. The van der Waals surface area contributed by atoms with Gasteiger partial charge in [-0.1, -0.05) is 31.2 Å². The van der Waals surface area contributed by atoms with E-state index in [1.165, 1.54) is 0 Å². The van der Waals surface area contributed by atoms with Gasteiger partial charge in [0, 0.05) is 12.2 Å². The Bertz CT molecular complexity index is 526. The largest absolute Gasteiger partial charge is 0.491 e. The Morgan fingerprint density at radius 3 is 2.74 bits per heavy atom. The lowest BCUT2D eigenvalue weighted by Gasteiger charge is -2.13. The number of para-hydroxylation sites is 2. The minimum absolute atomic E-state index is 0.733. The molecule has 0 unspecified atom stereocenters. The zero-order valence-electron chi connectivity index (χ0n) is 11.2. The maximum atomic E-state index is 5.77. The number of nitrogen functional groups attached to an aromatic ring is 1. The molecule has 0 aromatic heterocycles. The quantitative estimate of drug-likeness (QED) is 0.775. The van der Waals surface area contributed by atoms with Gasteiger partial charge in [-0.25, -0.2) is 0 Å². The molecule has 2 rings (SSSR count). The summed E-state index contributed by atoms with van der Waals surface area (Å²) >= 11 is 0. The van der Waals surface area contributed by atoms with Crippen LogP contribution in [0.1, 0.15) is 18.9 Å². The van der Waals surface area contributed by atoms with Crippen molar-refractivity contribution >= 4 is 11.4 Å². The number of hydrogen-bond acceptors (Lipinski definition) is 3. The number of rotatable bonds is 6. The molecule has 0 fully saturated rings. The van der Waals surface area contributed by atoms with Crippen molar-refractivity contribution in [2.75, 3.05) is 17.7 Å². The van der Waals surface area contributed by atoms with Crippen molar-refractivity contribution in [1.82, 2.24) is 0 Å². The second kappa shape index (κ2) is 6.69. The molecule has 0 heterocycles. The standard InChI is InChI=1S/C16H20N2O/c1-2-10-19-16-9-4-3-8-15(16)18-12-13-6-5-7-14(17)11-13/h3-9,11,18H,2,10,12,17H2,1H3. The zero-order chi connectivity index (χ0) is 13.5. The van der Waals surface area contributed by atoms with Crippen molar-refractivity contribution in [3.63, 3.8) is 0 Å². The third-order valence-electron chi connectivity index (χ3n) is 2.78. The third kappa shape index (κ3) is 3.91. The molecule has 3 heteroatoms. The number of anilines is 2. The first kappa shape index (κ1) is 13.3. The van der Waals surface area contributed by atoms with E-state index in [0.717, 1.165) is 42.3 Å². The van der Waals surface area contributed by atoms with E-state index in [4.69, 9.17) is 10.5 Å². The Morgan fingerprint density at radius 1 is 1.11 bits per heavy atom. The SMILES string of the molecule is CCCOc1ccccc1NCc1cccc(N)c1. The molecule has 0 aliphatic carbocycles. The molecule has 3 nitrogen and oxygen atoms in total. The number of nitrogens with two attached hydrogens (primary N) is 1. The number of hydrogen-bond donors (Lipinski definition) is 2. The van der Waals surface area contributed by atoms with Crippen molar-refractivity contribution in [2.45, 2.75) is 19.9 Å². The summed E-state index contributed by atoms with van der Waals surface area (Å²) in [5, 5.41) is 3.39. The van der Waals surface area contributed by atoms with Crippen LogP contribution in [0.5, 0.6) is 5.75 Å². The predicted octanol–water partition coefficient (Wildman–Crippen LogP) is 3.67. The molecule has 0 radical (unpaired) electrons. The van der Waals surface area contributed by atoms with Crippen molar-refractivity contribution < 1.29 is 4.74 Å². The van der Waals surface area contributed by atoms with Crippen LogP contribution in [0.4, 0.5) is 11.4 Å². The Kier molecular flexibility index (Phi) is 4.67. The highest BCUT2D eigenvalue weighted by atomic mass is 16.5. The number of nitrogens with one attached hydrogen (secondary N) is 1. The molecule has 100 valence electrons. The third-order valence-corrected chi connectivity index (χ3v) is 2.78. The maximum Gasteiger partial charge on any atom is 0.142 e. The lowest BCUT2D eigenvalue weighted by molar-refractivity contribution is 0.319. The van der Waals surface area contributed by atoms with E-state index >= 15 is 0 Å². The second-order valence-corrected chi connectivity index (χ2v) is 4.44. The number of ether oxygens (including phenoxy) is 1. The van der Waals surface area contributed by atoms with Crippen LogP contribution < -0.4 is 15.8 Å². The highest BCUT2D eigenvalue weighted by Crippen LogP contribution is 2.24. The lowest BCUT2D eigenvalue weighted by atomic mass is 10.2. The summed E-state index contributed by atoms with van der Waals surface area (Å²) in [6, 6.07) is 15.9. The lowest BCUT2D eigenvalue weighted by Crippen LogP contribution is -2.03. The first-order chi connectivity index (χ1) is 9.29. The molecule has 3 N–H and O–H groups in total. The molecule has 0 aliphatic heterocycles. The summed E-state index contributed by atoms with van der Waals surface area (Å²) in [5.41, 5.74) is 8.73. The fourth-order valence-electron chi connectivity index (χ4n) is 1.85. The minimum atomic E-state index is 0.733. The van der Waals surface area contributed by atoms with Crippen molar-refractivity contribution in [1.29, 1.82) is 0 Å². The Labute approximate surface area is 114 Å². The summed E-state index contributed by atoms with van der Waals surface area (Å²) in [4.78, 5) is 0. The molecular weight excluding hydrogens is 236 g/mol. The summed E-state index contributed by atoms with van der Waals surface area (Å²) in [5.74, 6) is 0.897. The Morgan fingerprint density at radius 2 is 1.95 bits per heavy atom. The van der Waals surface area contributed by atoms with Gasteiger partial charge >= 0.3 is 0 Å². The maximum absolute atomic E-state index is 5.77. The second-order valence-electron chi connectivity index (χ2n) is 4.44. The van der Waals surface area contributed by atoms with Gasteiger partial charge in [-0.05, 0) is 36.2 Å². The van der Waals surface area contributed by atoms with Gasteiger partial charge in [0.05, 0.1) is 12.3 Å². The van der Waals surface area contributed by atoms with Gasteiger partial charge in [-0.2, -0.15) is 0 Å². The summed E-state index contributed by atoms with van der Waals surface area (Å²) in [6.07, 6.45) is 1.00. The first-order valence-corrected chi connectivity index (χ1v) is 6.59. The van der Waals surface area contributed by atoms with Crippen LogP contribution >= 0.6 is 0 Å². The van der Waals surface area contributed by atoms with E-state index in [-0.39, 0.29) is 0 Å². The molecule has 0 bridgehead atoms. The van der Waals surface area contributed by atoms with Gasteiger partial charge in [0.2, 0.25) is 0 Å². The summed E-state index contributed by atoms with van der Waals surface area (Å²) in [7, 11) is 0. The smallest absolute Gasteiger partial charge is 0.142 e. The van der Waals surface area contributed by atoms with Gasteiger partial charge in [0.1, 0.15) is 5.75 Å². The van der Waals surface area contributed by atoms with Crippen LogP contribution in [0.25, 0.3) is 0 Å². The van der Waals surface area contributed by atoms with Crippen LogP contribution in [-0.4, -0.2) is 6.61 Å². The van der Waals surface area contributed by atoms with E-state index in [1.807, 2.05) is 42.5 Å². The average molecular weight is 256 g/mol. The van der Waals surface area contributed by atoms with Crippen LogP contribution in [0, 0.1) is 0 Å². The van der Waals surface area contributed by atoms with Crippen molar-refractivity contribution in [2.24, 2.45) is 0 Å². The van der Waals surface area contributed by atoms with Crippen LogP contribution in [0.3, 0.4) is 0 Å². The van der Waals surface area contributed by atoms with Gasteiger partial charge in [0.15, 0.2) is 0 Å². The Hall–Kier alpha value is -2.16. The molecule has 0 spiro atoms. The zero-order valence-corrected chi connectivity index (χ0v) is 11.2. The molecule has 2 aromatic rings. The molecule has 0 saturated heterocycles. The van der Waals surface area contributed by atoms with E-state index in [2.05, 4.69) is 18.3 Å². The van der Waals surface area contributed by atoms with Gasteiger partial charge < -0.3 is 15.8 Å². The molecule has 0 saturated carbocycles. The molecule has 19 heavy (non-hydrogen) atoms. The molecule has 0 atom stereocenters. The van der Waals surface area contributed by atoms with Crippen LogP contribution in [0.2, 0.25) is 0 Å². The highest BCUT2D eigenvalue weighted by Gasteiger charge is 2.02. The average Bonchev–Trinajstić information content (AvgIpc) is 2.44. The number of benzene rings is 2. The van der Waals surface area contributed by atoms with Crippen molar-refractivity contribution in [3.8, 4) is 5.75 Å². The first-order valence-electron chi connectivity index (χ1n) is 6.59. The van der Waals surface area contributed by atoms with Crippen molar-refractivity contribution in [3.05, 3.63) is 54.1 Å². The topological polar surface area (TPSA) is 47.3 Å². The van der Waals surface area contributed by atoms with E-state index in [0.29, 0.717) is 0 Å². The van der Waals surface area contributed by atoms with Gasteiger partial charge in [0.25, 0.3) is 0 Å². The molecule has 2 aromatic carbocycles. The van der Waals surface area contributed by atoms with Crippen LogP contribution in [0.15, 0.2) is 48.5 Å². The fraction of sp³-hybridized carbons (Fsp3) is 0.250. The Balaban J connectivity index is 2.02. The molecule has 0 aliphatic rings. The van der Waals surface area contributed by atoms with Gasteiger partial charge in [-0.3, -0.25) is 0 Å². The predicted molar refractivity (Wildman–Crippen MR) is 80.4 cm³/mol. The van der Waals surface area contributed by atoms with E-state index < -0.39 is 0 Å². The monoisotopic (exact) mass is 256 g/mol. The van der Waals surface area contributed by atoms with Gasteiger partial charge in [-0.15, -0.1) is 0 Å². The highest BCUT2D eigenvalue weighted by molar-refractivity contribution is 5.56. The molecular formula is C16H20N2O.